The lowest BCUT2D eigenvalue weighted by atomic mass is 10.3. The Balaban J connectivity index is 2.22. The van der Waals surface area contributed by atoms with E-state index in [-0.39, 0.29) is 0 Å². The van der Waals surface area contributed by atoms with Crippen molar-refractivity contribution in [3.63, 3.8) is 0 Å². The number of hydrogen-bond donors (Lipinski definition) is 2. The number of nitrogens with one attached hydrogen (secondary N) is 1. The monoisotopic (exact) mass is 267 g/mol. The van der Waals surface area contributed by atoms with E-state index >= 15 is 0 Å². The number of nitrogen functional groups attached to an aromatic ring is 1. The van der Waals surface area contributed by atoms with Crippen molar-refractivity contribution in [2.75, 3.05) is 23.1 Å². The third-order valence-electron chi connectivity index (χ3n) is 3.06. The summed E-state index contributed by atoms with van der Waals surface area (Å²) in [5, 5.41) is 0.766. The zero-order valence-corrected chi connectivity index (χ0v) is 11.8. The van der Waals surface area contributed by atoms with E-state index in [4.69, 9.17) is 5.84 Å². The Labute approximate surface area is 113 Å². The second kappa shape index (κ2) is 6.24. The normalized spacial score (nSPS) is 14.6. The molecule has 0 radical (unpaired) electrons. The van der Waals surface area contributed by atoms with E-state index in [1.807, 2.05) is 12.3 Å². The van der Waals surface area contributed by atoms with Gasteiger partial charge in [0.15, 0.2) is 5.16 Å². The van der Waals surface area contributed by atoms with Crippen LogP contribution in [0, 0.1) is 0 Å². The average molecular weight is 267 g/mol. The molecule has 0 spiro atoms. The Hall–Kier alpha value is -1.01. The molecule has 1 aromatic heterocycles. The van der Waals surface area contributed by atoms with Crippen LogP contribution in [0.1, 0.15) is 32.6 Å². The Morgan fingerprint density at radius 2 is 2.28 bits per heavy atom. The molecule has 0 saturated heterocycles. The predicted octanol–water partition coefficient (Wildman–Crippen LogP) is 2.25. The van der Waals surface area contributed by atoms with Gasteiger partial charge in [-0.25, -0.2) is 15.8 Å². The highest BCUT2D eigenvalue weighted by molar-refractivity contribution is 7.98. The standard InChI is InChI=1S/C12H21N5S/c1-3-4-7-17(9-5-6-9)11-8-10(16-13)14-12(15-11)18-2/h8-9H,3-7,13H2,1-2H3,(H,14,15,16). The van der Waals surface area contributed by atoms with E-state index in [0.29, 0.717) is 11.9 Å². The van der Waals surface area contributed by atoms with Crippen molar-refractivity contribution in [1.29, 1.82) is 0 Å². The van der Waals surface area contributed by atoms with Crippen LogP contribution in [-0.2, 0) is 0 Å². The molecule has 1 aliphatic carbocycles. The van der Waals surface area contributed by atoms with Gasteiger partial charge < -0.3 is 10.3 Å². The molecular weight excluding hydrogens is 246 g/mol. The van der Waals surface area contributed by atoms with Crippen LogP contribution in [0.5, 0.6) is 0 Å². The molecule has 0 aliphatic heterocycles. The number of unbranched alkanes of at least 4 members (excludes halogenated alkanes) is 1. The minimum atomic E-state index is 0.659. The summed E-state index contributed by atoms with van der Waals surface area (Å²) in [4.78, 5) is 11.3. The summed E-state index contributed by atoms with van der Waals surface area (Å²) in [6.45, 7) is 3.28. The van der Waals surface area contributed by atoms with Gasteiger partial charge in [0, 0.05) is 18.7 Å². The van der Waals surface area contributed by atoms with Crippen LogP contribution in [0.4, 0.5) is 11.6 Å². The number of thioether (sulfide) groups is 1. The van der Waals surface area contributed by atoms with Gasteiger partial charge in [0.05, 0.1) is 0 Å². The van der Waals surface area contributed by atoms with Crippen molar-refractivity contribution in [3.8, 4) is 0 Å². The third kappa shape index (κ3) is 3.26. The van der Waals surface area contributed by atoms with Crippen molar-refractivity contribution < 1.29 is 0 Å². The predicted molar refractivity (Wildman–Crippen MR) is 76.9 cm³/mol. The molecule has 0 amide bonds. The van der Waals surface area contributed by atoms with Crippen molar-refractivity contribution >= 4 is 23.4 Å². The fourth-order valence-electron chi connectivity index (χ4n) is 1.92. The van der Waals surface area contributed by atoms with Gasteiger partial charge in [0.2, 0.25) is 0 Å². The summed E-state index contributed by atoms with van der Waals surface area (Å²) in [7, 11) is 0. The SMILES string of the molecule is CCCCN(c1cc(NN)nc(SC)n1)C1CC1. The Kier molecular flexibility index (Phi) is 4.66. The lowest BCUT2D eigenvalue weighted by Gasteiger charge is -2.24. The van der Waals surface area contributed by atoms with E-state index in [1.54, 1.807) is 11.8 Å². The molecule has 1 aliphatic rings. The molecule has 3 N–H and O–H groups in total. The first-order valence-electron chi connectivity index (χ1n) is 6.44. The highest BCUT2D eigenvalue weighted by atomic mass is 32.2. The highest BCUT2D eigenvalue weighted by Crippen LogP contribution is 2.32. The molecule has 100 valence electrons. The number of nitrogens with two attached hydrogens (primary N) is 1. The van der Waals surface area contributed by atoms with Crippen molar-refractivity contribution in [1.82, 2.24) is 9.97 Å². The second-order valence-electron chi connectivity index (χ2n) is 4.52. The van der Waals surface area contributed by atoms with Crippen LogP contribution in [0.2, 0.25) is 0 Å². The van der Waals surface area contributed by atoms with Crippen LogP contribution in [0.3, 0.4) is 0 Å². The molecule has 1 heterocycles. The number of hydrazine groups is 1. The molecule has 0 unspecified atom stereocenters. The Morgan fingerprint density at radius 3 is 2.83 bits per heavy atom. The van der Waals surface area contributed by atoms with Crippen LogP contribution >= 0.6 is 11.8 Å². The number of hydrogen-bond acceptors (Lipinski definition) is 6. The maximum Gasteiger partial charge on any atom is 0.191 e. The summed E-state index contributed by atoms with van der Waals surface area (Å²) in [5.41, 5.74) is 2.62. The van der Waals surface area contributed by atoms with Crippen molar-refractivity contribution in [2.45, 2.75) is 43.8 Å². The van der Waals surface area contributed by atoms with Crippen LogP contribution in [0.25, 0.3) is 0 Å². The number of nitrogens with zero attached hydrogens (tertiary/aromatic N) is 3. The minimum Gasteiger partial charge on any atom is -0.353 e. The molecule has 1 aromatic rings. The molecule has 6 heteroatoms. The Morgan fingerprint density at radius 1 is 1.50 bits per heavy atom. The van der Waals surface area contributed by atoms with E-state index in [1.165, 1.54) is 25.7 Å². The fourth-order valence-corrected chi connectivity index (χ4v) is 2.30. The maximum absolute atomic E-state index is 5.47. The smallest absolute Gasteiger partial charge is 0.191 e. The first-order chi connectivity index (χ1) is 8.78. The highest BCUT2D eigenvalue weighted by Gasteiger charge is 2.30. The van der Waals surface area contributed by atoms with Gasteiger partial charge in [0.1, 0.15) is 11.6 Å². The zero-order valence-electron chi connectivity index (χ0n) is 11.0. The first-order valence-corrected chi connectivity index (χ1v) is 7.67. The summed E-state index contributed by atoms with van der Waals surface area (Å²) in [5.74, 6) is 7.15. The maximum atomic E-state index is 5.47. The summed E-state index contributed by atoms with van der Waals surface area (Å²) < 4.78 is 0. The van der Waals surface area contributed by atoms with Gasteiger partial charge in [-0.3, -0.25) is 0 Å². The van der Waals surface area contributed by atoms with Crippen LogP contribution in [0.15, 0.2) is 11.2 Å². The molecule has 0 bridgehead atoms. The minimum absolute atomic E-state index is 0.659. The molecule has 0 atom stereocenters. The molecule has 1 saturated carbocycles. The quantitative estimate of drug-likeness (QED) is 0.342. The van der Waals surface area contributed by atoms with Crippen LogP contribution < -0.4 is 16.2 Å². The van der Waals surface area contributed by atoms with Crippen molar-refractivity contribution in [3.05, 3.63) is 6.07 Å². The fraction of sp³-hybridized carbons (Fsp3) is 0.667. The van der Waals surface area contributed by atoms with Gasteiger partial charge in [-0.1, -0.05) is 25.1 Å². The average Bonchev–Trinajstić information content (AvgIpc) is 3.23. The summed E-state index contributed by atoms with van der Waals surface area (Å²) in [6.07, 6.45) is 6.92. The van der Waals surface area contributed by atoms with Crippen LogP contribution in [-0.4, -0.2) is 28.8 Å². The van der Waals surface area contributed by atoms with Gasteiger partial charge in [0.25, 0.3) is 0 Å². The number of aromatic nitrogens is 2. The number of rotatable bonds is 7. The largest absolute Gasteiger partial charge is 0.353 e. The molecule has 18 heavy (non-hydrogen) atoms. The molecule has 0 aromatic carbocycles. The first kappa shape index (κ1) is 13.4. The topological polar surface area (TPSA) is 67.1 Å². The van der Waals surface area contributed by atoms with E-state index in [0.717, 1.165) is 17.5 Å². The third-order valence-corrected chi connectivity index (χ3v) is 3.60. The van der Waals surface area contributed by atoms with E-state index < -0.39 is 0 Å². The number of anilines is 2. The van der Waals surface area contributed by atoms with Gasteiger partial charge in [-0.2, -0.15) is 0 Å². The van der Waals surface area contributed by atoms with Gasteiger partial charge in [-0.15, -0.1) is 0 Å². The lowest BCUT2D eigenvalue weighted by molar-refractivity contribution is 0.698. The van der Waals surface area contributed by atoms with Crippen molar-refractivity contribution in [2.24, 2.45) is 5.84 Å². The molecule has 2 rings (SSSR count). The van der Waals surface area contributed by atoms with Gasteiger partial charge >= 0.3 is 0 Å². The molecule has 5 nitrogen and oxygen atoms in total. The zero-order chi connectivity index (χ0) is 13.0. The van der Waals surface area contributed by atoms with E-state index in [2.05, 4.69) is 27.2 Å². The summed E-state index contributed by atoms with van der Waals surface area (Å²) >= 11 is 1.54. The molecular formula is C12H21N5S. The second-order valence-corrected chi connectivity index (χ2v) is 5.29. The Bertz CT molecular complexity index is 372. The lowest BCUT2D eigenvalue weighted by Crippen LogP contribution is -2.28. The van der Waals surface area contributed by atoms with E-state index in [9.17, 15) is 0 Å². The van der Waals surface area contributed by atoms with Gasteiger partial charge in [-0.05, 0) is 25.5 Å². The summed E-state index contributed by atoms with van der Waals surface area (Å²) in [6, 6.07) is 2.60. The molecule has 1 fully saturated rings.